The van der Waals surface area contributed by atoms with E-state index in [1.165, 1.54) is 25.7 Å². The van der Waals surface area contributed by atoms with Crippen LogP contribution in [0.4, 0.5) is 0 Å². The predicted molar refractivity (Wildman–Crippen MR) is 49.5 cm³/mol. The summed E-state index contributed by atoms with van der Waals surface area (Å²) in [6.45, 7) is 0.887. The molecule has 0 unspecified atom stereocenters. The molecule has 0 spiro atoms. The molecule has 2 N–H and O–H groups in total. The van der Waals surface area contributed by atoms with Crippen molar-refractivity contribution >= 4 is 5.97 Å². The molecule has 2 fully saturated rings. The highest BCUT2D eigenvalue weighted by molar-refractivity contribution is 5.71. The fraction of sp³-hybridized carbons (Fsp3) is 0.900. The molecule has 3 nitrogen and oxygen atoms in total. The van der Waals surface area contributed by atoms with Crippen LogP contribution in [0.15, 0.2) is 0 Å². The van der Waals surface area contributed by atoms with E-state index in [-0.39, 0.29) is 12.0 Å². The molecule has 2 rings (SSSR count). The molecular weight excluding hydrogens is 166 g/mol. The minimum Gasteiger partial charge on any atom is -0.481 e. The molecule has 0 radical (unpaired) electrons. The van der Waals surface area contributed by atoms with Crippen molar-refractivity contribution in [3.05, 3.63) is 0 Å². The van der Waals surface area contributed by atoms with E-state index >= 15 is 0 Å². The first-order chi connectivity index (χ1) is 6.29. The minimum absolute atomic E-state index is 0.122. The molecule has 1 heterocycles. The zero-order valence-electron chi connectivity index (χ0n) is 7.83. The van der Waals surface area contributed by atoms with Gasteiger partial charge in [0.1, 0.15) is 0 Å². The van der Waals surface area contributed by atoms with Gasteiger partial charge in [-0.2, -0.15) is 0 Å². The lowest BCUT2D eigenvalue weighted by atomic mass is 9.88. The molecule has 0 aromatic heterocycles. The Hall–Kier alpha value is -0.570. The Labute approximate surface area is 78.5 Å². The summed E-state index contributed by atoms with van der Waals surface area (Å²) < 4.78 is 0. The summed E-state index contributed by atoms with van der Waals surface area (Å²) in [6, 6.07) is 0.264. The number of carbonyl (C=O) groups is 1. The molecule has 1 saturated carbocycles. The smallest absolute Gasteiger partial charge is 0.308 e. The van der Waals surface area contributed by atoms with Crippen LogP contribution in [0.2, 0.25) is 0 Å². The van der Waals surface area contributed by atoms with Crippen LogP contribution in [0.3, 0.4) is 0 Å². The molecule has 3 heteroatoms. The lowest BCUT2D eigenvalue weighted by Crippen LogP contribution is -2.37. The molecule has 1 saturated heterocycles. The normalized spacial score (nSPS) is 35.4. The van der Waals surface area contributed by atoms with Crippen molar-refractivity contribution < 1.29 is 9.90 Å². The van der Waals surface area contributed by atoms with Crippen molar-refractivity contribution in [2.75, 3.05) is 6.54 Å². The lowest BCUT2D eigenvalue weighted by molar-refractivity contribution is -0.142. The Kier molecular flexibility index (Phi) is 2.54. The van der Waals surface area contributed by atoms with Crippen molar-refractivity contribution in [3.63, 3.8) is 0 Å². The van der Waals surface area contributed by atoms with Crippen LogP contribution in [-0.2, 0) is 4.79 Å². The highest BCUT2D eigenvalue weighted by atomic mass is 16.4. The molecule has 0 amide bonds. The molecule has 1 aliphatic heterocycles. The molecule has 0 aromatic carbocycles. The van der Waals surface area contributed by atoms with Gasteiger partial charge in [0.2, 0.25) is 0 Å². The van der Waals surface area contributed by atoms with E-state index in [9.17, 15) is 4.79 Å². The highest BCUT2D eigenvalue weighted by Crippen LogP contribution is 2.33. The third-order valence-electron chi connectivity index (χ3n) is 3.49. The fourth-order valence-corrected chi connectivity index (χ4v) is 2.82. The van der Waals surface area contributed by atoms with Gasteiger partial charge in [-0.3, -0.25) is 4.79 Å². The van der Waals surface area contributed by atoms with E-state index in [0.717, 1.165) is 13.0 Å². The van der Waals surface area contributed by atoms with E-state index in [2.05, 4.69) is 5.32 Å². The van der Waals surface area contributed by atoms with Gasteiger partial charge in [-0.15, -0.1) is 0 Å². The summed E-state index contributed by atoms with van der Waals surface area (Å²) in [5.74, 6) is -0.103. The number of hydrogen-bond acceptors (Lipinski definition) is 2. The second-order valence-electron chi connectivity index (χ2n) is 4.26. The van der Waals surface area contributed by atoms with Gasteiger partial charge < -0.3 is 10.4 Å². The summed E-state index contributed by atoms with van der Waals surface area (Å²) >= 11 is 0. The Morgan fingerprint density at radius 1 is 1.23 bits per heavy atom. The third-order valence-corrected chi connectivity index (χ3v) is 3.49. The van der Waals surface area contributed by atoms with E-state index in [1.54, 1.807) is 0 Å². The molecule has 0 aromatic rings. The van der Waals surface area contributed by atoms with Gasteiger partial charge in [-0.25, -0.2) is 0 Å². The largest absolute Gasteiger partial charge is 0.481 e. The third kappa shape index (κ3) is 1.70. The first-order valence-corrected chi connectivity index (χ1v) is 5.25. The first-order valence-electron chi connectivity index (χ1n) is 5.25. The average Bonchev–Trinajstić information content (AvgIpc) is 2.74. The lowest BCUT2D eigenvalue weighted by Gasteiger charge is -2.22. The van der Waals surface area contributed by atoms with Gasteiger partial charge in [0, 0.05) is 6.04 Å². The van der Waals surface area contributed by atoms with Crippen LogP contribution < -0.4 is 5.32 Å². The molecule has 0 bridgehead atoms. The van der Waals surface area contributed by atoms with Gasteiger partial charge in [0.25, 0.3) is 0 Å². The van der Waals surface area contributed by atoms with Crippen LogP contribution in [0.5, 0.6) is 0 Å². The van der Waals surface area contributed by atoms with Crippen molar-refractivity contribution in [1.82, 2.24) is 5.32 Å². The summed E-state index contributed by atoms with van der Waals surface area (Å²) in [5, 5.41) is 12.4. The first kappa shape index (κ1) is 9.00. The van der Waals surface area contributed by atoms with Crippen LogP contribution in [0.25, 0.3) is 0 Å². The number of aliphatic carboxylic acids is 1. The molecule has 2 aliphatic rings. The van der Waals surface area contributed by atoms with Crippen LogP contribution in [0.1, 0.15) is 32.1 Å². The van der Waals surface area contributed by atoms with Crippen molar-refractivity contribution in [2.45, 2.75) is 38.1 Å². The Bertz CT molecular complexity index is 199. The molecule has 13 heavy (non-hydrogen) atoms. The van der Waals surface area contributed by atoms with Crippen molar-refractivity contribution in [3.8, 4) is 0 Å². The van der Waals surface area contributed by atoms with Gasteiger partial charge >= 0.3 is 5.97 Å². The molecule has 2 atom stereocenters. The SMILES string of the molecule is O=C(O)[C@H]1CCN[C@@H]1C1CCCC1. The van der Waals surface area contributed by atoms with Crippen LogP contribution in [-0.4, -0.2) is 23.7 Å². The van der Waals surface area contributed by atoms with E-state index in [1.807, 2.05) is 0 Å². The topological polar surface area (TPSA) is 49.3 Å². The number of carboxylic acids is 1. The zero-order chi connectivity index (χ0) is 9.26. The van der Waals surface area contributed by atoms with Gasteiger partial charge in [0.15, 0.2) is 0 Å². The fourth-order valence-electron chi connectivity index (χ4n) is 2.82. The van der Waals surface area contributed by atoms with Gasteiger partial charge in [-0.1, -0.05) is 12.8 Å². The molecular formula is C10H17NO2. The van der Waals surface area contributed by atoms with E-state index < -0.39 is 5.97 Å². The standard InChI is InChI=1S/C10H17NO2/c12-10(13)8-5-6-11-9(8)7-3-1-2-4-7/h7-9,11H,1-6H2,(H,12,13)/t8-,9+/m0/s1. The zero-order valence-corrected chi connectivity index (χ0v) is 7.83. The number of carboxylic acid groups (broad SMARTS) is 1. The maximum Gasteiger partial charge on any atom is 0.308 e. The Balaban J connectivity index is 2.00. The van der Waals surface area contributed by atoms with Crippen LogP contribution in [0, 0.1) is 11.8 Å². The highest BCUT2D eigenvalue weighted by Gasteiger charge is 2.38. The average molecular weight is 183 g/mol. The number of rotatable bonds is 2. The van der Waals surface area contributed by atoms with Crippen molar-refractivity contribution in [1.29, 1.82) is 0 Å². The monoisotopic (exact) mass is 183 g/mol. The second kappa shape index (κ2) is 3.66. The predicted octanol–water partition coefficient (Wildman–Crippen LogP) is 1.24. The minimum atomic E-state index is -0.609. The van der Waals surface area contributed by atoms with E-state index in [4.69, 9.17) is 5.11 Å². The summed E-state index contributed by atoms with van der Waals surface area (Å²) in [7, 11) is 0. The van der Waals surface area contributed by atoms with Gasteiger partial charge in [-0.05, 0) is 31.7 Å². The number of hydrogen-bond donors (Lipinski definition) is 2. The second-order valence-corrected chi connectivity index (χ2v) is 4.26. The Morgan fingerprint density at radius 2 is 1.92 bits per heavy atom. The molecule has 74 valence electrons. The molecule has 1 aliphatic carbocycles. The van der Waals surface area contributed by atoms with Crippen molar-refractivity contribution in [2.24, 2.45) is 11.8 Å². The Morgan fingerprint density at radius 3 is 2.54 bits per heavy atom. The summed E-state index contributed by atoms with van der Waals surface area (Å²) in [4.78, 5) is 10.9. The maximum absolute atomic E-state index is 10.9. The summed E-state index contributed by atoms with van der Waals surface area (Å²) in [5.41, 5.74) is 0. The van der Waals surface area contributed by atoms with E-state index in [0.29, 0.717) is 5.92 Å². The van der Waals surface area contributed by atoms with Crippen LogP contribution >= 0.6 is 0 Å². The maximum atomic E-state index is 10.9. The summed E-state index contributed by atoms with van der Waals surface area (Å²) in [6.07, 6.45) is 5.84. The van der Waals surface area contributed by atoms with Gasteiger partial charge in [0.05, 0.1) is 5.92 Å². The number of nitrogens with one attached hydrogen (secondary N) is 1. The quantitative estimate of drug-likeness (QED) is 0.677.